The van der Waals surface area contributed by atoms with Crippen LogP contribution in [-0.2, 0) is 17.8 Å². The normalized spacial score (nSPS) is 18.0. The van der Waals surface area contributed by atoms with Crippen LogP contribution < -0.4 is 5.43 Å². The van der Waals surface area contributed by atoms with E-state index in [0.717, 1.165) is 40.6 Å². The molecule has 2 aromatic carbocycles. The average Bonchev–Trinajstić information content (AvgIpc) is 3.45. The zero-order valence-corrected chi connectivity index (χ0v) is 19.4. The molecule has 6 rings (SSSR count). The summed E-state index contributed by atoms with van der Waals surface area (Å²) in [5.74, 6) is -0.989. The largest absolute Gasteiger partial charge is 0.478 e. The SMILES string of the molecule is O=C(O)c1ccc2c(C3CCCCC3)c3n(c2c1)CC(C(=O)Nn1cnnc1)Cc1ccccc1-3. The lowest BCUT2D eigenvalue weighted by molar-refractivity contribution is -0.121. The number of benzene rings is 2. The molecule has 4 aromatic rings. The Balaban J connectivity index is 1.56. The molecule has 0 radical (unpaired) electrons. The number of amides is 1. The second-order valence-electron chi connectivity index (χ2n) is 9.65. The first-order chi connectivity index (χ1) is 17.1. The van der Waals surface area contributed by atoms with Gasteiger partial charge in [0.1, 0.15) is 12.7 Å². The molecule has 35 heavy (non-hydrogen) atoms. The number of carbonyl (C=O) groups excluding carboxylic acids is 1. The molecule has 2 aliphatic rings. The zero-order valence-electron chi connectivity index (χ0n) is 19.4. The van der Waals surface area contributed by atoms with Gasteiger partial charge in [-0.1, -0.05) is 49.6 Å². The van der Waals surface area contributed by atoms with E-state index in [1.807, 2.05) is 18.2 Å². The molecule has 1 saturated carbocycles. The molecule has 3 heterocycles. The minimum absolute atomic E-state index is 0.122. The Bertz CT molecular complexity index is 1420. The third-order valence-electron chi connectivity index (χ3n) is 7.53. The van der Waals surface area contributed by atoms with Gasteiger partial charge in [-0.3, -0.25) is 10.2 Å². The monoisotopic (exact) mass is 469 g/mol. The first kappa shape index (κ1) is 21.6. The minimum atomic E-state index is -0.947. The second kappa shape index (κ2) is 8.69. The van der Waals surface area contributed by atoms with E-state index in [9.17, 15) is 14.7 Å². The number of aromatic nitrogens is 4. The summed E-state index contributed by atoms with van der Waals surface area (Å²) in [5.41, 5.74) is 8.75. The lowest BCUT2D eigenvalue weighted by atomic mass is 9.81. The molecular weight excluding hydrogens is 442 g/mol. The summed E-state index contributed by atoms with van der Waals surface area (Å²) in [6, 6.07) is 13.8. The summed E-state index contributed by atoms with van der Waals surface area (Å²) >= 11 is 0. The molecule has 0 saturated heterocycles. The van der Waals surface area contributed by atoms with Crippen LogP contribution in [0.3, 0.4) is 0 Å². The predicted octanol–water partition coefficient (Wildman–Crippen LogP) is 4.59. The van der Waals surface area contributed by atoms with Gasteiger partial charge in [0, 0.05) is 23.0 Å². The van der Waals surface area contributed by atoms with E-state index in [1.54, 1.807) is 12.1 Å². The van der Waals surface area contributed by atoms with E-state index in [-0.39, 0.29) is 17.4 Å². The molecule has 2 aromatic heterocycles. The van der Waals surface area contributed by atoms with E-state index in [0.29, 0.717) is 18.9 Å². The van der Waals surface area contributed by atoms with Crippen molar-refractivity contribution in [2.24, 2.45) is 5.92 Å². The summed E-state index contributed by atoms with van der Waals surface area (Å²) in [4.78, 5) is 25.2. The Kier molecular flexibility index (Phi) is 5.36. The minimum Gasteiger partial charge on any atom is -0.478 e. The summed E-state index contributed by atoms with van der Waals surface area (Å²) in [5, 5.41) is 18.4. The summed E-state index contributed by atoms with van der Waals surface area (Å²) in [6.07, 6.45) is 9.44. The van der Waals surface area contributed by atoms with Crippen molar-refractivity contribution in [2.45, 2.75) is 51.0 Å². The van der Waals surface area contributed by atoms with Gasteiger partial charge in [0.05, 0.1) is 17.2 Å². The van der Waals surface area contributed by atoms with E-state index in [1.165, 1.54) is 42.2 Å². The van der Waals surface area contributed by atoms with Crippen LogP contribution in [-0.4, -0.2) is 36.4 Å². The van der Waals surface area contributed by atoms with Crippen LogP contribution in [0.1, 0.15) is 59.5 Å². The third-order valence-corrected chi connectivity index (χ3v) is 7.53. The maximum Gasteiger partial charge on any atom is 0.335 e. The van der Waals surface area contributed by atoms with Gasteiger partial charge in [0.25, 0.3) is 0 Å². The number of carbonyl (C=O) groups is 2. The predicted molar refractivity (Wildman–Crippen MR) is 132 cm³/mol. The van der Waals surface area contributed by atoms with Gasteiger partial charge in [-0.05, 0) is 48.4 Å². The fourth-order valence-corrected chi connectivity index (χ4v) is 5.93. The van der Waals surface area contributed by atoms with Gasteiger partial charge in [-0.2, -0.15) is 0 Å². The fourth-order valence-electron chi connectivity index (χ4n) is 5.93. The number of aromatic carboxylic acids is 1. The average molecular weight is 470 g/mol. The molecule has 1 aliphatic carbocycles. The molecule has 0 bridgehead atoms. The van der Waals surface area contributed by atoms with Gasteiger partial charge in [0.15, 0.2) is 0 Å². The van der Waals surface area contributed by atoms with Crippen molar-refractivity contribution >= 4 is 22.8 Å². The Labute approximate surface area is 202 Å². The van der Waals surface area contributed by atoms with Gasteiger partial charge >= 0.3 is 5.97 Å². The summed E-state index contributed by atoms with van der Waals surface area (Å²) in [7, 11) is 0. The molecule has 1 amide bonds. The number of nitrogens with zero attached hydrogens (tertiary/aromatic N) is 4. The van der Waals surface area contributed by atoms with Crippen LogP contribution in [0.25, 0.3) is 22.2 Å². The van der Waals surface area contributed by atoms with Gasteiger partial charge < -0.3 is 9.67 Å². The standard InChI is InChI=1S/C27H27N5O3/c33-26(30-31-15-28-29-16-31)20-12-18-8-4-5-9-21(18)25-24(17-6-2-1-3-7-17)22-11-10-19(27(34)35)13-23(22)32(25)14-20/h4-5,8-11,13,15-17,20H,1-3,6-7,12,14H2,(H,30,33)(H,34,35). The number of carboxylic acids is 1. The van der Waals surface area contributed by atoms with Crippen molar-refractivity contribution in [1.29, 1.82) is 0 Å². The molecule has 1 aliphatic heterocycles. The van der Waals surface area contributed by atoms with E-state index in [2.05, 4.69) is 32.3 Å². The number of rotatable bonds is 4. The topological polar surface area (TPSA) is 102 Å². The van der Waals surface area contributed by atoms with Gasteiger partial charge in [-0.15, -0.1) is 10.2 Å². The Hall–Kier alpha value is -3.94. The van der Waals surface area contributed by atoms with E-state index in [4.69, 9.17) is 0 Å². The van der Waals surface area contributed by atoms with Crippen LogP contribution in [0.2, 0.25) is 0 Å². The molecule has 8 heteroatoms. The van der Waals surface area contributed by atoms with Crippen molar-refractivity contribution < 1.29 is 14.7 Å². The van der Waals surface area contributed by atoms with Crippen molar-refractivity contribution in [3.63, 3.8) is 0 Å². The molecule has 8 nitrogen and oxygen atoms in total. The maximum atomic E-state index is 13.4. The fraction of sp³-hybridized carbons (Fsp3) is 0.333. The van der Waals surface area contributed by atoms with Crippen LogP contribution in [0.4, 0.5) is 0 Å². The smallest absolute Gasteiger partial charge is 0.335 e. The van der Waals surface area contributed by atoms with Gasteiger partial charge in [0.2, 0.25) is 5.91 Å². The van der Waals surface area contributed by atoms with E-state index < -0.39 is 5.97 Å². The lowest BCUT2D eigenvalue weighted by Crippen LogP contribution is -2.32. The highest BCUT2D eigenvalue weighted by molar-refractivity contribution is 5.99. The number of carboxylic acid groups (broad SMARTS) is 1. The first-order valence-corrected chi connectivity index (χ1v) is 12.2. The molecule has 178 valence electrons. The summed E-state index contributed by atoms with van der Waals surface area (Å²) < 4.78 is 3.66. The molecule has 1 atom stereocenters. The van der Waals surface area contributed by atoms with E-state index >= 15 is 0 Å². The number of fused-ring (bicyclic) bond motifs is 5. The highest BCUT2D eigenvalue weighted by Crippen LogP contribution is 2.46. The third kappa shape index (κ3) is 3.79. The number of nitrogens with one attached hydrogen (secondary N) is 1. The van der Waals surface area contributed by atoms with Gasteiger partial charge in [-0.25, -0.2) is 9.47 Å². The Morgan fingerprint density at radius 3 is 2.54 bits per heavy atom. The molecule has 1 unspecified atom stereocenters. The van der Waals surface area contributed by atoms with Crippen molar-refractivity contribution in [1.82, 2.24) is 19.4 Å². The Morgan fingerprint density at radius 2 is 1.77 bits per heavy atom. The molecule has 1 fully saturated rings. The zero-order chi connectivity index (χ0) is 23.9. The quantitative estimate of drug-likeness (QED) is 0.455. The van der Waals surface area contributed by atoms with Crippen LogP contribution in [0, 0.1) is 5.92 Å². The van der Waals surface area contributed by atoms with Crippen molar-refractivity contribution in [2.75, 3.05) is 5.43 Å². The summed E-state index contributed by atoms with van der Waals surface area (Å²) in [6.45, 7) is 0.463. The first-order valence-electron chi connectivity index (χ1n) is 12.2. The highest BCUT2D eigenvalue weighted by Gasteiger charge is 2.33. The molecule has 0 spiro atoms. The number of hydrogen-bond acceptors (Lipinski definition) is 4. The molecule has 2 N–H and O–H groups in total. The van der Waals surface area contributed by atoms with Crippen LogP contribution in [0.5, 0.6) is 0 Å². The second-order valence-corrected chi connectivity index (χ2v) is 9.65. The lowest BCUT2D eigenvalue weighted by Gasteiger charge is -2.24. The van der Waals surface area contributed by atoms with Crippen molar-refractivity contribution in [3.8, 4) is 11.3 Å². The number of hydrogen-bond donors (Lipinski definition) is 2. The highest BCUT2D eigenvalue weighted by atomic mass is 16.4. The van der Waals surface area contributed by atoms with Crippen LogP contribution in [0.15, 0.2) is 55.1 Å². The van der Waals surface area contributed by atoms with Crippen molar-refractivity contribution in [3.05, 3.63) is 71.8 Å². The Morgan fingerprint density at radius 1 is 1.00 bits per heavy atom. The molecular formula is C27H27N5O3. The van der Waals surface area contributed by atoms with Crippen LogP contribution >= 0.6 is 0 Å². The maximum absolute atomic E-state index is 13.4.